The molecule has 0 atom stereocenters. The van der Waals surface area contributed by atoms with Crippen LogP contribution in [0.1, 0.15) is 23.3 Å². The van der Waals surface area contributed by atoms with Crippen LogP contribution in [0.3, 0.4) is 0 Å². The molecule has 2 aromatic rings. The molecule has 1 saturated heterocycles. The van der Waals surface area contributed by atoms with Gasteiger partial charge in [0.1, 0.15) is 37.3 Å². The first-order valence-corrected chi connectivity index (χ1v) is 8.56. The number of aromatic nitrogens is 2. The normalized spacial score (nSPS) is 26.6. The van der Waals surface area contributed by atoms with E-state index >= 15 is 0 Å². The second-order valence-electron chi connectivity index (χ2n) is 6.17. The molecule has 0 spiro atoms. The fourth-order valence-electron chi connectivity index (χ4n) is 3.57. The Morgan fingerprint density at radius 1 is 1.05 bits per heavy atom. The predicted molar refractivity (Wildman–Crippen MR) is 81.0 cm³/mol. The molecule has 4 nitrogen and oxygen atoms in total. The van der Waals surface area contributed by atoms with Crippen LogP contribution in [0.4, 0.5) is 5.82 Å². The van der Waals surface area contributed by atoms with Gasteiger partial charge in [-0.3, -0.25) is 4.90 Å². The van der Waals surface area contributed by atoms with E-state index < -0.39 is 0 Å². The van der Waals surface area contributed by atoms with Crippen LogP contribution in [0.25, 0.3) is 10.2 Å². The van der Waals surface area contributed by atoms with E-state index in [1.54, 1.807) is 26.6 Å². The minimum absolute atomic E-state index is 1.20. The van der Waals surface area contributed by atoms with E-state index in [1.807, 2.05) is 11.3 Å². The summed E-state index contributed by atoms with van der Waals surface area (Å²) in [6.45, 7) is 4.88. The smallest absolute Gasteiger partial charge is 0.238 e. The van der Waals surface area contributed by atoms with Crippen molar-refractivity contribution < 1.29 is 9.80 Å². The summed E-state index contributed by atoms with van der Waals surface area (Å²) in [4.78, 5) is 15.2. The molecule has 1 aliphatic carbocycles. The summed E-state index contributed by atoms with van der Waals surface area (Å²) in [5.41, 5.74) is 1.57. The largest absolute Gasteiger partial charge is 0.328 e. The van der Waals surface area contributed by atoms with Crippen molar-refractivity contribution in [2.24, 2.45) is 0 Å². The summed E-state index contributed by atoms with van der Waals surface area (Å²) in [5, 5.41) is 1.40. The molecule has 2 N–H and O–H groups in total. The third-order valence-corrected chi connectivity index (χ3v) is 5.99. The second-order valence-corrected chi connectivity index (χ2v) is 7.26. The molecule has 2 aliphatic rings. The van der Waals surface area contributed by atoms with E-state index in [0.29, 0.717) is 0 Å². The van der Waals surface area contributed by atoms with Crippen LogP contribution in [-0.4, -0.2) is 43.2 Å². The third-order valence-electron chi connectivity index (χ3n) is 4.79. The number of thiophene rings is 1. The number of hydrogen-bond acceptors (Lipinski definition) is 3. The van der Waals surface area contributed by atoms with E-state index in [9.17, 15) is 0 Å². The molecule has 2 aromatic heterocycles. The Labute approximate surface area is 123 Å². The zero-order valence-electron chi connectivity index (χ0n) is 12.0. The van der Waals surface area contributed by atoms with E-state index in [2.05, 4.69) is 17.0 Å². The highest BCUT2D eigenvalue weighted by atomic mass is 32.1. The van der Waals surface area contributed by atoms with Crippen LogP contribution in [0.5, 0.6) is 0 Å². The minimum atomic E-state index is 1.20. The molecule has 0 radical (unpaired) electrons. The van der Waals surface area contributed by atoms with Gasteiger partial charge in [-0.25, -0.2) is 4.98 Å². The number of aryl methyl sites for hydroxylation is 2. The third kappa shape index (κ3) is 2.05. The molecule has 0 unspecified atom stereocenters. The molecule has 1 aliphatic heterocycles. The van der Waals surface area contributed by atoms with Gasteiger partial charge in [0, 0.05) is 4.88 Å². The molecule has 106 valence electrons. The maximum atomic E-state index is 4.69. The lowest BCUT2D eigenvalue weighted by atomic mass is 9.97. The molecule has 4 rings (SSSR count). The Hall–Kier alpha value is -1.04. The quantitative estimate of drug-likeness (QED) is 0.751. The number of quaternary nitrogens is 2. The summed E-state index contributed by atoms with van der Waals surface area (Å²) in [6.07, 6.45) is 6.92. The number of piperazine rings is 1. The standard InChI is InChI=1S/C15H20N4S/c1-18-6-8-19(9-7-18)14-13-11-4-2-3-5-12(11)20-15(13)17-10-16-14/h10H,2-9H2,1H3/p+2. The number of fused-ring (bicyclic) bond motifs is 3. The first-order chi connectivity index (χ1) is 9.83. The number of likely N-dealkylation sites (N-methyl/N-ethyl adjacent to an activating group) is 1. The highest BCUT2D eigenvalue weighted by Gasteiger charge is 2.28. The highest BCUT2D eigenvalue weighted by molar-refractivity contribution is 7.18. The van der Waals surface area contributed by atoms with E-state index in [-0.39, 0.29) is 0 Å². The minimum Gasteiger partial charge on any atom is -0.328 e. The van der Waals surface area contributed by atoms with Crippen molar-refractivity contribution in [2.45, 2.75) is 25.7 Å². The van der Waals surface area contributed by atoms with Crippen LogP contribution in [-0.2, 0) is 12.8 Å². The van der Waals surface area contributed by atoms with Gasteiger partial charge in [0.05, 0.1) is 12.4 Å². The van der Waals surface area contributed by atoms with Crippen molar-refractivity contribution in [3.05, 3.63) is 16.8 Å². The molecule has 5 heteroatoms. The Morgan fingerprint density at radius 3 is 2.70 bits per heavy atom. The van der Waals surface area contributed by atoms with Crippen molar-refractivity contribution in [1.82, 2.24) is 9.97 Å². The van der Waals surface area contributed by atoms with Crippen molar-refractivity contribution in [1.29, 1.82) is 0 Å². The van der Waals surface area contributed by atoms with E-state index in [0.717, 1.165) is 0 Å². The topological polar surface area (TPSA) is 34.7 Å². The molecular formula is C15H22N4S+2. The van der Waals surface area contributed by atoms with Gasteiger partial charge < -0.3 is 4.90 Å². The van der Waals surface area contributed by atoms with Crippen LogP contribution in [0.2, 0.25) is 0 Å². The average molecular weight is 290 g/mol. The predicted octanol–water partition coefficient (Wildman–Crippen LogP) is -0.385. The first kappa shape index (κ1) is 12.7. The first-order valence-electron chi connectivity index (χ1n) is 7.74. The lowest BCUT2D eigenvalue weighted by molar-refractivity contribution is -0.975. The lowest BCUT2D eigenvalue weighted by Gasteiger charge is -2.26. The summed E-state index contributed by atoms with van der Waals surface area (Å²) in [5.74, 6) is 1.28. The van der Waals surface area contributed by atoms with Crippen molar-refractivity contribution in [2.75, 3.05) is 33.2 Å². The van der Waals surface area contributed by atoms with Crippen LogP contribution < -0.4 is 9.80 Å². The van der Waals surface area contributed by atoms with Crippen LogP contribution in [0, 0.1) is 0 Å². The summed E-state index contributed by atoms with van der Waals surface area (Å²) < 4.78 is 0. The van der Waals surface area contributed by atoms with Crippen molar-refractivity contribution in [3.63, 3.8) is 0 Å². The molecular weight excluding hydrogens is 268 g/mol. The number of hydrogen-bond donors (Lipinski definition) is 2. The summed E-state index contributed by atoms with van der Waals surface area (Å²) in [7, 11) is 2.29. The fraction of sp³-hybridized carbons (Fsp3) is 0.600. The molecule has 1 fully saturated rings. The van der Waals surface area contributed by atoms with Gasteiger partial charge in [-0.15, -0.1) is 11.3 Å². The van der Waals surface area contributed by atoms with Crippen molar-refractivity contribution in [3.8, 4) is 0 Å². The summed E-state index contributed by atoms with van der Waals surface area (Å²) >= 11 is 1.91. The highest BCUT2D eigenvalue weighted by Crippen LogP contribution is 2.37. The Morgan fingerprint density at radius 2 is 1.85 bits per heavy atom. The van der Waals surface area contributed by atoms with Gasteiger partial charge >= 0.3 is 0 Å². The van der Waals surface area contributed by atoms with Crippen molar-refractivity contribution >= 4 is 27.4 Å². The second kappa shape index (κ2) is 5.06. The van der Waals surface area contributed by atoms with Gasteiger partial charge in [0.2, 0.25) is 5.82 Å². The Kier molecular flexibility index (Phi) is 3.21. The molecule has 3 heterocycles. The van der Waals surface area contributed by atoms with Gasteiger partial charge in [-0.1, -0.05) is 0 Å². The maximum absolute atomic E-state index is 4.69. The monoisotopic (exact) mass is 290 g/mol. The molecule has 0 aromatic carbocycles. The number of rotatable bonds is 1. The Bertz CT molecular complexity index is 628. The molecule has 0 bridgehead atoms. The van der Waals surface area contributed by atoms with E-state index in [4.69, 9.17) is 0 Å². The van der Waals surface area contributed by atoms with Gasteiger partial charge in [-0.05, 0) is 31.2 Å². The summed E-state index contributed by atoms with van der Waals surface area (Å²) in [6, 6.07) is 0. The SMILES string of the molecule is C[NH+]1CC[NH+](c2ncnc3sc4c(c23)CCCC4)CC1. The average Bonchev–Trinajstić information content (AvgIpc) is 2.86. The van der Waals surface area contributed by atoms with Gasteiger partial charge in [-0.2, -0.15) is 4.98 Å². The molecule has 20 heavy (non-hydrogen) atoms. The van der Waals surface area contributed by atoms with Crippen LogP contribution in [0.15, 0.2) is 6.33 Å². The fourth-order valence-corrected chi connectivity index (χ4v) is 4.80. The maximum Gasteiger partial charge on any atom is 0.238 e. The molecule has 0 amide bonds. The van der Waals surface area contributed by atoms with Gasteiger partial charge in [0.15, 0.2) is 0 Å². The number of nitrogens with one attached hydrogen (secondary N) is 2. The zero-order chi connectivity index (χ0) is 13.5. The number of nitrogens with zero attached hydrogens (tertiary/aromatic N) is 2. The Balaban J connectivity index is 1.80. The van der Waals surface area contributed by atoms with Gasteiger partial charge in [0.25, 0.3) is 0 Å². The van der Waals surface area contributed by atoms with E-state index in [1.165, 1.54) is 67.9 Å². The van der Waals surface area contributed by atoms with Crippen LogP contribution >= 0.6 is 11.3 Å². The molecule has 0 saturated carbocycles. The zero-order valence-corrected chi connectivity index (χ0v) is 12.9. The lowest BCUT2D eigenvalue weighted by Crippen LogP contribution is -3.25.